The van der Waals surface area contributed by atoms with Crippen molar-refractivity contribution in [2.75, 3.05) is 31.1 Å². The fraction of sp³-hybridized carbons (Fsp3) is 0.467. The highest BCUT2D eigenvalue weighted by Crippen LogP contribution is 2.28. The Hall–Kier alpha value is -1.88. The van der Waals surface area contributed by atoms with Crippen LogP contribution < -0.4 is 4.90 Å². The SMILES string of the molecule is c1coc(-c2ccnc(N3CCN(C4CC4)CC3)n2)c1. The second kappa shape index (κ2) is 4.90. The average molecular weight is 270 g/mol. The van der Waals surface area contributed by atoms with E-state index in [2.05, 4.69) is 19.8 Å². The Morgan fingerprint density at radius 3 is 2.65 bits per heavy atom. The third kappa shape index (κ3) is 2.29. The summed E-state index contributed by atoms with van der Waals surface area (Å²) in [5.74, 6) is 1.61. The van der Waals surface area contributed by atoms with Gasteiger partial charge in [-0.15, -0.1) is 0 Å². The first-order chi connectivity index (χ1) is 9.90. The van der Waals surface area contributed by atoms with Gasteiger partial charge in [0.05, 0.1) is 6.26 Å². The molecule has 0 aromatic carbocycles. The van der Waals surface area contributed by atoms with Crippen molar-refractivity contribution in [3.63, 3.8) is 0 Å². The summed E-state index contributed by atoms with van der Waals surface area (Å²) in [6.07, 6.45) is 6.24. The van der Waals surface area contributed by atoms with Crippen LogP contribution in [0.4, 0.5) is 5.95 Å². The van der Waals surface area contributed by atoms with E-state index in [9.17, 15) is 0 Å². The van der Waals surface area contributed by atoms with Crippen LogP contribution in [-0.2, 0) is 0 Å². The Balaban J connectivity index is 1.50. The van der Waals surface area contributed by atoms with E-state index in [-0.39, 0.29) is 0 Å². The first-order valence-electron chi connectivity index (χ1n) is 7.26. The second-order valence-electron chi connectivity index (χ2n) is 5.47. The zero-order chi connectivity index (χ0) is 13.4. The smallest absolute Gasteiger partial charge is 0.226 e. The highest BCUT2D eigenvalue weighted by molar-refractivity contribution is 5.53. The van der Waals surface area contributed by atoms with Gasteiger partial charge in [-0.3, -0.25) is 4.90 Å². The minimum Gasteiger partial charge on any atom is -0.463 e. The number of hydrogen-bond acceptors (Lipinski definition) is 5. The van der Waals surface area contributed by atoms with Gasteiger partial charge in [-0.05, 0) is 31.0 Å². The van der Waals surface area contributed by atoms with Gasteiger partial charge in [0.15, 0.2) is 5.76 Å². The van der Waals surface area contributed by atoms with Crippen LogP contribution in [0.3, 0.4) is 0 Å². The monoisotopic (exact) mass is 270 g/mol. The molecule has 0 amide bonds. The largest absolute Gasteiger partial charge is 0.463 e. The standard InChI is InChI=1S/C15H18N4O/c1-2-14(20-11-1)13-5-6-16-15(17-13)19-9-7-18(8-10-19)12-3-4-12/h1-2,5-6,11-12H,3-4,7-10H2. The lowest BCUT2D eigenvalue weighted by Gasteiger charge is -2.34. The van der Waals surface area contributed by atoms with Gasteiger partial charge in [-0.1, -0.05) is 0 Å². The zero-order valence-electron chi connectivity index (χ0n) is 11.4. The Bertz CT molecular complexity index is 571. The van der Waals surface area contributed by atoms with E-state index in [1.165, 1.54) is 12.8 Å². The van der Waals surface area contributed by atoms with Crippen LogP contribution >= 0.6 is 0 Å². The fourth-order valence-corrected chi connectivity index (χ4v) is 2.79. The fourth-order valence-electron chi connectivity index (χ4n) is 2.79. The van der Waals surface area contributed by atoms with Gasteiger partial charge < -0.3 is 9.32 Å². The van der Waals surface area contributed by atoms with E-state index in [0.29, 0.717) is 0 Å². The highest BCUT2D eigenvalue weighted by Gasteiger charge is 2.31. The van der Waals surface area contributed by atoms with Crippen molar-refractivity contribution in [3.8, 4) is 11.5 Å². The van der Waals surface area contributed by atoms with Crippen LogP contribution in [0.1, 0.15) is 12.8 Å². The molecule has 5 heteroatoms. The van der Waals surface area contributed by atoms with Crippen molar-refractivity contribution in [1.29, 1.82) is 0 Å². The molecule has 4 rings (SSSR count). The highest BCUT2D eigenvalue weighted by atomic mass is 16.3. The van der Waals surface area contributed by atoms with Gasteiger partial charge in [0.1, 0.15) is 5.69 Å². The van der Waals surface area contributed by atoms with E-state index < -0.39 is 0 Å². The second-order valence-corrected chi connectivity index (χ2v) is 5.47. The molecule has 2 fully saturated rings. The lowest BCUT2D eigenvalue weighted by molar-refractivity contribution is 0.247. The molecule has 0 atom stereocenters. The van der Waals surface area contributed by atoms with Crippen LogP contribution in [0, 0.1) is 0 Å². The summed E-state index contributed by atoms with van der Waals surface area (Å²) in [7, 11) is 0. The Kier molecular flexibility index (Phi) is 2.92. The van der Waals surface area contributed by atoms with Gasteiger partial charge in [0, 0.05) is 38.4 Å². The van der Waals surface area contributed by atoms with Crippen molar-refractivity contribution in [2.45, 2.75) is 18.9 Å². The van der Waals surface area contributed by atoms with E-state index in [0.717, 1.165) is 49.6 Å². The maximum absolute atomic E-state index is 5.40. The molecule has 2 aliphatic rings. The predicted molar refractivity (Wildman–Crippen MR) is 76.5 cm³/mol. The van der Waals surface area contributed by atoms with Crippen LogP contribution in [0.2, 0.25) is 0 Å². The lowest BCUT2D eigenvalue weighted by Crippen LogP contribution is -2.47. The van der Waals surface area contributed by atoms with E-state index in [1.807, 2.05) is 24.4 Å². The molecule has 20 heavy (non-hydrogen) atoms. The number of nitrogens with zero attached hydrogens (tertiary/aromatic N) is 4. The summed E-state index contributed by atoms with van der Waals surface area (Å²) in [6.45, 7) is 4.27. The lowest BCUT2D eigenvalue weighted by atomic mass is 10.3. The third-order valence-electron chi connectivity index (χ3n) is 4.08. The summed E-state index contributed by atoms with van der Waals surface area (Å²) in [5, 5.41) is 0. The van der Waals surface area contributed by atoms with Gasteiger partial charge in [0.25, 0.3) is 0 Å². The summed E-state index contributed by atoms with van der Waals surface area (Å²) in [6, 6.07) is 6.55. The molecule has 1 saturated carbocycles. The quantitative estimate of drug-likeness (QED) is 0.854. The Morgan fingerprint density at radius 1 is 1.10 bits per heavy atom. The van der Waals surface area contributed by atoms with E-state index >= 15 is 0 Å². The topological polar surface area (TPSA) is 45.4 Å². The molecule has 3 heterocycles. The van der Waals surface area contributed by atoms with Crippen LogP contribution in [-0.4, -0.2) is 47.1 Å². The molecule has 2 aromatic rings. The third-order valence-corrected chi connectivity index (χ3v) is 4.08. The number of piperazine rings is 1. The van der Waals surface area contributed by atoms with Crippen LogP contribution in [0.25, 0.3) is 11.5 Å². The number of rotatable bonds is 3. The van der Waals surface area contributed by atoms with Crippen LogP contribution in [0.5, 0.6) is 0 Å². The molecule has 0 radical (unpaired) electrons. The van der Waals surface area contributed by atoms with Gasteiger partial charge in [-0.2, -0.15) is 0 Å². The molecule has 1 aliphatic heterocycles. The molecule has 0 unspecified atom stereocenters. The Labute approximate surface area is 118 Å². The number of furan rings is 1. The van der Waals surface area contributed by atoms with Crippen LogP contribution in [0.15, 0.2) is 35.1 Å². The molecule has 1 aliphatic carbocycles. The first kappa shape index (κ1) is 11.9. The molecular weight excluding hydrogens is 252 g/mol. The summed E-state index contributed by atoms with van der Waals surface area (Å²) < 4.78 is 5.40. The van der Waals surface area contributed by atoms with Crippen molar-refractivity contribution in [2.24, 2.45) is 0 Å². The summed E-state index contributed by atoms with van der Waals surface area (Å²) in [4.78, 5) is 13.9. The normalized spacial score (nSPS) is 20.3. The first-order valence-corrected chi connectivity index (χ1v) is 7.26. The average Bonchev–Trinajstić information content (AvgIpc) is 3.22. The molecule has 0 bridgehead atoms. The maximum Gasteiger partial charge on any atom is 0.226 e. The van der Waals surface area contributed by atoms with E-state index in [1.54, 1.807) is 6.26 Å². The predicted octanol–water partition coefficient (Wildman–Crippen LogP) is 2.02. The van der Waals surface area contributed by atoms with Crippen molar-refractivity contribution in [1.82, 2.24) is 14.9 Å². The van der Waals surface area contributed by atoms with Gasteiger partial charge in [-0.25, -0.2) is 9.97 Å². The number of hydrogen-bond donors (Lipinski definition) is 0. The Morgan fingerprint density at radius 2 is 1.95 bits per heavy atom. The summed E-state index contributed by atoms with van der Waals surface area (Å²) in [5.41, 5.74) is 0.852. The van der Waals surface area contributed by atoms with Gasteiger partial charge >= 0.3 is 0 Å². The van der Waals surface area contributed by atoms with Crippen molar-refractivity contribution >= 4 is 5.95 Å². The number of anilines is 1. The minimum absolute atomic E-state index is 0.797. The summed E-state index contributed by atoms with van der Waals surface area (Å²) >= 11 is 0. The molecule has 0 N–H and O–H groups in total. The molecular formula is C15H18N4O. The van der Waals surface area contributed by atoms with E-state index in [4.69, 9.17) is 4.42 Å². The van der Waals surface area contributed by atoms with Crippen molar-refractivity contribution < 1.29 is 4.42 Å². The maximum atomic E-state index is 5.40. The minimum atomic E-state index is 0.797. The molecule has 2 aromatic heterocycles. The molecule has 104 valence electrons. The molecule has 0 spiro atoms. The van der Waals surface area contributed by atoms with Gasteiger partial charge in [0.2, 0.25) is 5.95 Å². The molecule has 1 saturated heterocycles. The zero-order valence-corrected chi connectivity index (χ0v) is 11.4. The number of aromatic nitrogens is 2. The van der Waals surface area contributed by atoms with Crippen molar-refractivity contribution in [3.05, 3.63) is 30.7 Å². The molecule has 5 nitrogen and oxygen atoms in total.